The van der Waals surface area contributed by atoms with Crippen molar-refractivity contribution in [1.29, 1.82) is 0 Å². The molecule has 0 radical (unpaired) electrons. The lowest BCUT2D eigenvalue weighted by atomic mass is 9.84. The van der Waals surface area contributed by atoms with Crippen molar-refractivity contribution >= 4 is 51.9 Å². The van der Waals surface area contributed by atoms with Crippen molar-refractivity contribution in [1.82, 2.24) is 15.2 Å². The number of ether oxygens (including phenoxy) is 1. The van der Waals surface area contributed by atoms with Crippen LogP contribution in [0.1, 0.15) is 54.6 Å². The highest BCUT2D eigenvalue weighted by molar-refractivity contribution is 7.14. The summed E-state index contributed by atoms with van der Waals surface area (Å²) >= 11 is 7.02. The number of amides is 4. The second-order valence-electron chi connectivity index (χ2n) is 8.82. The Hall–Kier alpha value is -2.98. The second-order valence-corrected chi connectivity index (χ2v) is 10.1. The average molecular weight is 519 g/mol. The lowest BCUT2D eigenvalue weighted by Crippen LogP contribution is -2.49. The van der Waals surface area contributed by atoms with Crippen LogP contribution in [0.25, 0.3) is 0 Å². The van der Waals surface area contributed by atoms with Crippen LogP contribution in [0.2, 0.25) is 5.02 Å². The molecule has 2 atom stereocenters. The summed E-state index contributed by atoms with van der Waals surface area (Å²) in [4.78, 5) is 56.5. The molecule has 1 saturated carbocycles. The number of nitrogens with one attached hydrogen (secondary N) is 2. The van der Waals surface area contributed by atoms with Crippen LogP contribution >= 0.6 is 22.9 Å². The normalized spacial score (nSPS) is 19.4. The maximum absolute atomic E-state index is 13.4. The first kappa shape index (κ1) is 25.1. The fourth-order valence-electron chi connectivity index (χ4n) is 4.62. The van der Waals surface area contributed by atoms with Crippen LogP contribution in [-0.2, 0) is 20.7 Å². The van der Waals surface area contributed by atoms with Crippen LogP contribution in [0, 0.1) is 5.92 Å². The van der Waals surface area contributed by atoms with Crippen molar-refractivity contribution in [3.05, 3.63) is 45.9 Å². The fourth-order valence-corrected chi connectivity index (χ4v) is 5.43. The van der Waals surface area contributed by atoms with Crippen molar-refractivity contribution in [3.63, 3.8) is 0 Å². The van der Waals surface area contributed by atoms with Crippen molar-refractivity contribution in [2.75, 3.05) is 12.4 Å². The number of esters is 1. The molecule has 0 spiro atoms. The summed E-state index contributed by atoms with van der Waals surface area (Å²) in [5.41, 5.74) is 0.927. The van der Waals surface area contributed by atoms with Gasteiger partial charge < -0.3 is 15.4 Å². The number of methoxy groups -OCH3 is 1. The molecule has 2 heterocycles. The molecule has 0 bridgehead atoms. The van der Waals surface area contributed by atoms with Gasteiger partial charge in [0, 0.05) is 16.8 Å². The van der Waals surface area contributed by atoms with Crippen LogP contribution in [0.3, 0.4) is 0 Å². The Bertz CT molecular complexity index is 1100. The number of benzene rings is 1. The van der Waals surface area contributed by atoms with Gasteiger partial charge in [0.15, 0.2) is 10.8 Å². The van der Waals surface area contributed by atoms with Gasteiger partial charge in [-0.25, -0.2) is 19.5 Å². The number of urea groups is 1. The lowest BCUT2D eigenvalue weighted by molar-refractivity contribution is -0.134. The number of nitrogens with zero attached hydrogens (tertiary/aromatic N) is 2. The first-order valence-electron chi connectivity index (χ1n) is 11.6. The first-order chi connectivity index (χ1) is 16.9. The minimum absolute atomic E-state index is 0.0784. The zero-order valence-electron chi connectivity index (χ0n) is 19.3. The lowest BCUT2D eigenvalue weighted by Gasteiger charge is -2.30. The molecule has 1 saturated heterocycles. The van der Waals surface area contributed by atoms with Crippen LogP contribution in [0.5, 0.6) is 0 Å². The first-order valence-corrected chi connectivity index (χ1v) is 12.8. The van der Waals surface area contributed by atoms with Crippen molar-refractivity contribution in [2.24, 2.45) is 5.92 Å². The molecule has 1 aromatic carbocycles. The number of anilines is 1. The Morgan fingerprint density at radius 1 is 1.23 bits per heavy atom. The second kappa shape index (κ2) is 11.2. The zero-order chi connectivity index (χ0) is 24.9. The Morgan fingerprint density at radius 2 is 1.94 bits per heavy atom. The van der Waals surface area contributed by atoms with E-state index in [-0.39, 0.29) is 16.7 Å². The summed E-state index contributed by atoms with van der Waals surface area (Å²) in [6.07, 6.45) is 5.85. The van der Waals surface area contributed by atoms with Gasteiger partial charge in [-0.05, 0) is 30.0 Å². The number of carbonyl (C=O) groups is 4. The predicted octanol–water partition coefficient (Wildman–Crippen LogP) is 4.02. The van der Waals surface area contributed by atoms with E-state index in [9.17, 15) is 19.2 Å². The standard InChI is InChI=1S/C24H27ClN4O5S/c1-34-22(32)18-13-35-23(26-18)28-20(30)19(12-14-5-3-2-4-6-14)29-21(31)17(27-24(29)33)11-15-7-9-16(25)10-8-15/h7-10,13-14,17,19H,2-6,11-12H2,1H3,(H,27,33)(H,26,28,30)/t17-,19+/m0/s1. The zero-order valence-corrected chi connectivity index (χ0v) is 20.9. The van der Waals surface area contributed by atoms with Gasteiger partial charge in [-0.1, -0.05) is 55.8 Å². The summed E-state index contributed by atoms with van der Waals surface area (Å²) in [5, 5.41) is 7.69. The number of hydrogen-bond donors (Lipinski definition) is 2. The van der Waals surface area contributed by atoms with Crippen molar-refractivity contribution < 1.29 is 23.9 Å². The monoisotopic (exact) mass is 518 g/mol. The molecule has 186 valence electrons. The number of aromatic nitrogens is 1. The summed E-state index contributed by atoms with van der Waals surface area (Å²) in [7, 11) is 1.25. The molecule has 1 aliphatic heterocycles. The quantitative estimate of drug-likeness (QED) is 0.402. The number of hydrogen-bond acceptors (Lipinski definition) is 7. The van der Waals surface area contributed by atoms with Gasteiger partial charge in [0.2, 0.25) is 5.91 Å². The van der Waals surface area contributed by atoms with Crippen LogP contribution in [0.4, 0.5) is 9.93 Å². The topological polar surface area (TPSA) is 118 Å². The molecule has 2 aliphatic rings. The third kappa shape index (κ3) is 5.99. The highest BCUT2D eigenvalue weighted by Gasteiger charge is 2.45. The van der Waals surface area contributed by atoms with E-state index in [2.05, 4.69) is 20.4 Å². The van der Waals surface area contributed by atoms with E-state index in [1.807, 2.05) is 0 Å². The van der Waals surface area contributed by atoms with E-state index in [1.54, 1.807) is 24.3 Å². The minimum Gasteiger partial charge on any atom is -0.464 e. The van der Waals surface area contributed by atoms with Gasteiger partial charge in [-0.2, -0.15) is 0 Å². The van der Waals surface area contributed by atoms with E-state index in [0.29, 0.717) is 17.9 Å². The smallest absolute Gasteiger partial charge is 0.357 e. The molecule has 1 aliphatic carbocycles. The summed E-state index contributed by atoms with van der Waals surface area (Å²) in [5.74, 6) is -1.32. The van der Waals surface area contributed by atoms with Crippen LogP contribution in [-0.4, -0.2) is 52.9 Å². The SMILES string of the molecule is COC(=O)c1csc(NC(=O)[C@@H](CC2CCCCC2)N2C(=O)N[C@@H](Cc3ccc(Cl)cc3)C2=O)n1. The molecule has 11 heteroatoms. The molecular formula is C24H27ClN4O5S. The van der Waals surface area contributed by atoms with E-state index < -0.39 is 35.9 Å². The number of halogens is 1. The van der Waals surface area contributed by atoms with Gasteiger partial charge in [-0.3, -0.25) is 9.59 Å². The van der Waals surface area contributed by atoms with Gasteiger partial charge in [0.1, 0.15) is 12.1 Å². The van der Waals surface area contributed by atoms with Gasteiger partial charge in [0.25, 0.3) is 5.91 Å². The predicted molar refractivity (Wildman–Crippen MR) is 131 cm³/mol. The molecule has 4 amide bonds. The maximum Gasteiger partial charge on any atom is 0.357 e. The largest absolute Gasteiger partial charge is 0.464 e. The summed E-state index contributed by atoms with van der Waals surface area (Å²) in [6.45, 7) is 0. The number of thiazole rings is 1. The number of imide groups is 1. The molecule has 4 rings (SSSR count). The molecule has 9 nitrogen and oxygen atoms in total. The number of rotatable bonds is 8. The van der Waals surface area contributed by atoms with E-state index >= 15 is 0 Å². The van der Waals surface area contributed by atoms with Crippen molar-refractivity contribution in [3.8, 4) is 0 Å². The maximum atomic E-state index is 13.4. The molecular weight excluding hydrogens is 492 g/mol. The molecule has 2 N–H and O–H groups in total. The molecule has 2 fully saturated rings. The van der Waals surface area contributed by atoms with Crippen LogP contribution < -0.4 is 10.6 Å². The third-order valence-corrected chi connectivity index (χ3v) is 7.44. The third-order valence-electron chi connectivity index (χ3n) is 6.43. The molecule has 35 heavy (non-hydrogen) atoms. The fraction of sp³-hybridized carbons (Fsp3) is 0.458. The van der Waals surface area contributed by atoms with Gasteiger partial charge >= 0.3 is 12.0 Å². The van der Waals surface area contributed by atoms with Crippen molar-refractivity contribution in [2.45, 2.75) is 57.0 Å². The van der Waals surface area contributed by atoms with Gasteiger partial charge in [0.05, 0.1) is 7.11 Å². The van der Waals surface area contributed by atoms with E-state index in [4.69, 9.17) is 11.6 Å². The van der Waals surface area contributed by atoms with Gasteiger partial charge in [-0.15, -0.1) is 11.3 Å². The van der Waals surface area contributed by atoms with E-state index in [1.165, 1.54) is 12.5 Å². The van der Waals surface area contributed by atoms with Crippen LogP contribution in [0.15, 0.2) is 29.6 Å². The Balaban J connectivity index is 1.52. The minimum atomic E-state index is -0.980. The molecule has 2 aromatic rings. The Morgan fingerprint density at radius 3 is 2.63 bits per heavy atom. The number of carbonyl (C=O) groups excluding carboxylic acids is 4. The Labute approximate surface area is 212 Å². The molecule has 0 unspecified atom stereocenters. The highest BCUT2D eigenvalue weighted by Crippen LogP contribution is 2.31. The Kier molecular flexibility index (Phi) is 8.02. The van der Waals surface area contributed by atoms with E-state index in [0.717, 1.165) is 53.9 Å². The summed E-state index contributed by atoms with van der Waals surface area (Å²) in [6, 6.07) is 4.73. The highest BCUT2D eigenvalue weighted by atomic mass is 35.5. The average Bonchev–Trinajstić information content (AvgIpc) is 3.43. The molecule has 1 aromatic heterocycles. The summed E-state index contributed by atoms with van der Waals surface area (Å²) < 4.78 is 4.66.